The van der Waals surface area contributed by atoms with Crippen molar-refractivity contribution < 1.29 is 9.53 Å². The molecular formula is C24H25Cl2NO2. The van der Waals surface area contributed by atoms with Crippen molar-refractivity contribution in [1.29, 1.82) is 0 Å². The molecule has 1 aliphatic heterocycles. The number of fused-ring (bicyclic) bond motifs is 1. The van der Waals surface area contributed by atoms with E-state index >= 15 is 0 Å². The maximum atomic E-state index is 12.8. The molecule has 2 aromatic rings. The molecule has 0 bridgehead atoms. The van der Waals surface area contributed by atoms with Gasteiger partial charge in [-0.15, -0.1) is 0 Å². The average molecular weight is 430 g/mol. The second-order valence-electron chi connectivity index (χ2n) is 8.40. The summed E-state index contributed by atoms with van der Waals surface area (Å²) in [6.07, 6.45) is 3.12. The van der Waals surface area contributed by atoms with Crippen molar-refractivity contribution in [3.05, 3.63) is 76.5 Å². The molecule has 2 fully saturated rings. The Bertz CT molecular complexity index is 942. The molecule has 1 saturated carbocycles. The van der Waals surface area contributed by atoms with Crippen LogP contribution in [0.2, 0.25) is 10.0 Å². The number of amides is 1. The van der Waals surface area contributed by atoms with Crippen LogP contribution in [0.15, 0.2) is 55.3 Å². The van der Waals surface area contributed by atoms with Gasteiger partial charge in [-0.05, 0) is 67.0 Å². The van der Waals surface area contributed by atoms with Gasteiger partial charge in [-0.1, -0.05) is 54.9 Å². The number of benzene rings is 2. The van der Waals surface area contributed by atoms with Crippen LogP contribution in [0.25, 0.3) is 0 Å². The van der Waals surface area contributed by atoms with Gasteiger partial charge in [0.2, 0.25) is 5.91 Å². The zero-order valence-corrected chi connectivity index (χ0v) is 18.1. The molecule has 29 heavy (non-hydrogen) atoms. The van der Waals surface area contributed by atoms with Crippen molar-refractivity contribution in [2.75, 3.05) is 0 Å². The zero-order chi connectivity index (χ0) is 20.8. The summed E-state index contributed by atoms with van der Waals surface area (Å²) in [6.45, 7) is 7.82. The van der Waals surface area contributed by atoms with E-state index in [1.165, 1.54) is 11.8 Å². The zero-order valence-electron chi connectivity index (χ0n) is 16.6. The van der Waals surface area contributed by atoms with Crippen molar-refractivity contribution in [1.82, 2.24) is 5.32 Å². The lowest BCUT2D eigenvalue weighted by molar-refractivity contribution is -0.129. The molecule has 1 aliphatic carbocycles. The van der Waals surface area contributed by atoms with Crippen LogP contribution >= 0.6 is 23.2 Å². The van der Waals surface area contributed by atoms with E-state index in [1.807, 2.05) is 30.3 Å². The van der Waals surface area contributed by atoms with Gasteiger partial charge in [0.1, 0.15) is 5.75 Å². The van der Waals surface area contributed by atoms with Gasteiger partial charge in [0.25, 0.3) is 0 Å². The Labute approximate surface area is 182 Å². The summed E-state index contributed by atoms with van der Waals surface area (Å²) < 4.78 is 5.38. The monoisotopic (exact) mass is 429 g/mol. The summed E-state index contributed by atoms with van der Waals surface area (Å²) in [5.41, 5.74) is 1.91. The van der Waals surface area contributed by atoms with Crippen LogP contribution in [0.3, 0.4) is 0 Å². The standard InChI is InChI=1S/C24H25Cl2NO2/c1-4-29-17-9-10-18(20(26)13-17)19-11-12-24(3)22(14(2)27-23(24)28)21(19)15-5-7-16(25)8-6-15/h4-10,13-14,19,21-22H,1,11-12H2,2-3H3,(H,27,28)/t14-,19+,21+,22+,24-/m1/s1. The fourth-order valence-electron chi connectivity index (χ4n) is 5.49. The van der Waals surface area contributed by atoms with Crippen LogP contribution in [-0.2, 0) is 4.79 Å². The topological polar surface area (TPSA) is 38.3 Å². The lowest BCUT2D eigenvalue weighted by Crippen LogP contribution is -2.42. The maximum absolute atomic E-state index is 12.8. The number of hydrogen-bond donors (Lipinski definition) is 1. The van der Waals surface area contributed by atoms with Gasteiger partial charge >= 0.3 is 0 Å². The highest BCUT2D eigenvalue weighted by Crippen LogP contribution is 2.59. The van der Waals surface area contributed by atoms with Gasteiger partial charge in [0.15, 0.2) is 0 Å². The summed E-state index contributed by atoms with van der Waals surface area (Å²) in [6, 6.07) is 13.9. The van der Waals surface area contributed by atoms with Crippen LogP contribution in [0.1, 0.15) is 49.7 Å². The second kappa shape index (κ2) is 7.70. The van der Waals surface area contributed by atoms with E-state index < -0.39 is 0 Å². The number of rotatable bonds is 4. The van der Waals surface area contributed by atoms with Crippen LogP contribution in [0.5, 0.6) is 5.75 Å². The molecular weight excluding hydrogens is 405 g/mol. The van der Waals surface area contributed by atoms with Crippen LogP contribution in [0, 0.1) is 11.3 Å². The smallest absolute Gasteiger partial charge is 0.226 e. The molecule has 0 unspecified atom stereocenters. The molecule has 5 heteroatoms. The molecule has 4 rings (SSSR count). The van der Waals surface area contributed by atoms with E-state index in [1.54, 1.807) is 0 Å². The largest absolute Gasteiger partial charge is 0.466 e. The van der Waals surface area contributed by atoms with Crippen molar-refractivity contribution >= 4 is 29.1 Å². The van der Waals surface area contributed by atoms with E-state index in [0.29, 0.717) is 15.8 Å². The first-order valence-electron chi connectivity index (χ1n) is 9.98. The van der Waals surface area contributed by atoms with Crippen molar-refractivity contribution in [2.45, 2.75) is 44.6 Å². The maximum Gasteiger partial charge on any atom is 0.226 e. The Hall–Kier alpha value is -1.97. The van der Waals surface area contributed by atoms with Crippen LogP contribution in [0.4, 0.5) is 0 Å². The van der Waals surface area contributed by atoms with E-state index in [9.17, 15) is 4.79 Å². The number of nitrogens with one attached hydrogen (secondary N) is 1. The molecule has 0 aromatic heterocycles. The molecule has 1 saturated heterocycles. The first-order chi connectivity index (χ1) is 13.8. The molecule has 2 aliphatic rings. The van der Waals surface area contributed by atoms with E-state index in [0.717, 1.165) is 18.4 Å². The van der Waals surface area contributed by atoms with Gasteiger partial charge in [-0.2, -0.15) is 0 Å². The van der Waals surface area contributed by atoms with Gasteiger partial charge in [0, 0.05) is 22.0 Å². The van der Waals surface area contributed by atoms with Gasteiger partial charge < -0.3 is 10.1 Å². The molecule has 152 valence electrons. The van der Waals surface area contributed by atoms with Crippen LogP contribution in [-0.4, -0.2) is 11.9 Å². The number of ether oxygens (including phenoxy) is 1. The highest BCUT2D eigenvalue weighted by Gasteiger charge is 2.57. The predicted octanol–water partition coefficient (Wildman–Crippen LogP) is 6.32. The molecule has 1 N–H and O–H groups in total. The number of hydrogen-bond acceptors (Lipinski definition) is 2. The van der Waals surface area contributed by atoms with Gasteiger partial charge in [-0.3, -0.25) is 4.79 Å². The molecule has 1 amide bonds. The van der Waals surface area contributed by atoms with Crippen molar-refractivity contribution in [3.63, 3.8) is 0 Å². The van der Waals surface area contributed by atoms with Gasteiger partial charge in [0.05, 0.1) is 11.7 Å². The normalized spacial score (nSPS) is 31.1. The average Bonchev–Trinajstić information content (AvgIpc) is 2.91. The molecule has 5 atom stereocenters. The second-order valence-corrected chi connectivity index (χ2v) is 9.24. The lowest BCUT2D eigenvalue weighted by atomic mass is 9.56. The molecule has 2 aromatic carbocycles. The Morgan fingerprint density at radius 2 is 1.93 bits per heavy atom. The van der Waals surface area contributed by atoms with E-state index in [-0.39, 0.29) is 35.1 Å². The van der Waals surface area contributed by atoms with E-state index in [2.05, 4.69) is 37.9 Å². The van der Waals surface area contributed by atoms with E-state index in [4.69, 9.17) is 27.9 Å². The Balaban J connectivity index is 1.81. The first-order valence-corrected chi connectivity index (χ1v) is 10.7. The SMILES string of the molecule is C=COc1ccc([C@@H]2CC[C@@]3(C)C(=O)N[C@H](C)[C@H]3[C@H]2c2ccc(Cl)cc2)c(Cl)c1. The Kier molecular flexibility index (Phi) is 5.39. The summed E-state index contributed by atoms with van der Waals surface area (Å²) in [7, 11) is 0. The minimum atomic E-state index is -0.376. The quantitative estimate of drug-likeness (QED) is 0.577. The lowest BCUT2D eigenvalue weighted by Gasteiger charge is -2.46. The summed E-state index contributed by atoms with van der Waals surface area (Å²) in [5, 5.41) is 4.59. The van der Waals surface area contributed by atoms with Gasteiger partial charge in [-0.25, -0.2) is 0 Å². The van der Waals surface area contributed by atoms with Crippen molar-refractivity contribution in [2.24, 2.45) is 11.3 Å². The summed E-state index contributed by atoms with van der Waals surface area (Å²) in [5.74, 6) is 1.37. The fourth-order valence-corrected chi connectivity index (χ4v) is 5.93. The predicted molar refractivity (Wildman–Crippen MR) is 118 cm³/mol. The molecule has 0 radical (unpaired) electrons. The third-order valence-corrected chi connectivity index (χ3v) is 7.37. The number of halogens is 2. The Morgan fingerprint density at radius 1 is 1.21 bits per heavy atom. The first kappa shape index (κ1) is 20.3. The number of carbonyl (C=O) groups excluding carboxylic acids is 1. The summed E-state index contributed by atoms with van der Waals surface area (Å²) >= 11 is 12.9. The third-order valence-electron chi connectivity index (χ3n) is 6.79. The molecule has 1 heterocycles. The molecule has 0 spiro atoms. The summed E-state index contributed by atoms with van der Waals surface area (Å²) in [4.78, 5) is 12.8. The minimum absolute atomic E-state index is 0.0955. The highest BCUT2D eigenvalue weighted by molar-refractivity contribution is 6.31. The number of carbonyl (C=O) groups is 1. The molecule has 3 nitrogen and oxygen atoms in total. The van der Waals surface area contributed by atoms with Crippen molar-refractivity contribution in [3.8, 4) is 5.75 Å². The fraction of sp³-hybridized carbons (Fsp3) is 0.375. The minimum Gasteiger partial charge on any atom is -0.466 e. The Morgan fingerprint density at radius 3 is 2.59 bits per heavy atom. The third kappa shape index (κ3) is 3.45. The van der Waals surface area contributed by atoms with Crippen LogP contribution < -0.4 is 10.1 Å². The highest BCUT2D eigenvalue weighted by atomic mass is 35.5.